The fourth-order valence-electron chi connectivity index (χ4n) is 4.36. The number of methoxy groups -OCH3 is 1. The summed E-state index contributed by atoms with van der Waals surface area (Å²) in [7, 11) is 1.35. The molecule has 0 bridgehead atoms. The summed E-state index contributed by atoms with van der Waals surface area (Å²) in [6.45, 7) is 0. The van der Waals surface area contributed by atoms with Crippen LogP contribution in [0.25, 0.3) is 28.2 Å². The standard InChI is InChI=1S/C23H17ClN8O3S/c1-35-23(34)19-6-12(10-36-19)16-9-25-22(28-16)18-4-5-20-27-15(8-21(33)32(18)20)14-7-13(24)2-3-17(14)31-11-26-29-30-31/h2-3,6-11,18H,4-5H2,1H3,(H,25,28). The van der Waals surface area contributed by atoms with Crippen LogP contribution in [0.5, 0.6) is 0 Å². The Labute approximate surface area is 212 Å². The zero-order chi connectivity index (χ0) is 24.8. The van der Waals surface area contributed by atoms with E-state index in [2.05, 4.69) is 25.5 Å². The van der Waals surface area contributed by atoms with Crippen molar-refractivity contribution in [2.24, 2.45) is 0 Å². The molecule has 0 fully saturated rings. The van der Waals surface area contributed by atoms with Crippen molar-refractivity contribution in [3.8, 4) is 28.2 Å². The van der Waals surface area contributed by atoms with E-state index in [0.29, 0.717) is 51.3 Å². The van der Waals surface area contributed by atoms with E-state index in [1.807, 2.05) is 5.38 Å². The number of tetrazole rings is 1. The lowest BCUT2D eigenvalue weighted by Crippen LogP contribution is -2.25. The van der Waals surface area contributed by atoms with E-state index in [0.717, 1.165) is 11.3 Å². The quantitative estimate of drug-likeness (QED) is 0.349. The van der Waals surface area contributed by atoms with Crippen molar-refractivity contribution >= 4 is 28.9 Å². The van der Waals surface area contributed by atoms with Gasteiger partial charge in [-0.15, -0.1) is 16.4 Å². The predicted molar refractivity (Wildman–Crippen MR) is 131 cm³/mol. The van der Waals surface area contributed by atoms with Gasteiger partial charge in [0.15, 0.2) is 0 Å². The molecule has 180 valence electrons. The van der Waals surface area contributed by atoms with Crippen LogP contribution in [0.4, 0.5) is 0 Å². The van der Waals surface area contributed by atoms with Gasteiger partial charge < -0.3 is 9.72 Å². The van der Waals surface area contributed by atoms with Gasteiger partial charge in [0.2, 0.25) is 0 Å². The number of aromatic amines is 1. The number of thiophene rings is 1. The second-order valence-electron chi connectivity index (χ2n) is 8.11. The van der Waals surface area contributed by atoms with Crippen molar-refractivity contribution in [1.82, 2.24) is 39.7 Å². The lowest BCUT2D eigenvalue weighted by atomic mass is 10.1. The first-order chi connectivity index (χ1) is 17.5. The molecule has 6 rings (SSSR count). The van der Waals surface area contributed by atoms with Crippen molar-refractivity contribution in [1.29, 1.82) is 0 Å². The van der Waals surface area contributed by atoms with Gasteiger partial charge in [0.25, 0.3) is 5.56 Å². The van der Waals surface area contributed by atoms with Gasteiger partial charge in [-0.1, -0.05) is 11.6 Å². The smallest absolute Gasteiger partial charge is 0.348 e. The number of ether oxygens (including phenoxy) is 1. The van der Waals surface area contributed by atoms with Crippen molar-refractivity contribution in [3.63, 3.8) is 0 Å². The van der Waals surface area contributed by atoms with Crippen LogP contribution < -0.4 is 5.56 Å². The number of hydrogen-bond donors (Lipinski definition) is 1. The van der Waals surface area contributed by atoms with Crippen molar-refractivity contribution in [3.05, 3.63) is 80.1 Å². The average Bonchev–Trinajstić information content (AvgIpc) is 3.68. The lowest BCUT2D eigenvalue weighted by molar-refractivity contribution is 0.0606. The van der Waals surface area contributed by atoms with Gasteiger partial charge in [0.05, 0.1) is 36.4 Å². The Morgan fingerprint density at radius 2 is 2.17 bits per heavy atom. The van der Waals surface area contributed by atoms with Crippen LogP contribution in [-0.4, -0.2) is 52.8 Å². The minimum absolute atomic E-state index is 0.193. The van der Waals surface area contributed by atoms with Gasteiger partial charge >= 0.3 is 5.97 Å². The van der Waals surface area contributed by atoms with E-state index in [4.69, 9.17) is 21.3 Å². The maximum atomic E-state index is 13.3. The Morgan fingerprint density at radius 3 is 2.97 bits per heavy atom. The molecule has 1 unspecified atom stereocenters. The molecule has 11 nitrogen and oxygen atoms in total. The molecule has 5 heterocycles. The SMILES string of the molecule is COC(=O)c1cc(-c2cnc(C3CCc4nc(-c5cc(Cl)ccc5-n5cnnn5)cc(=O)n43)[nH]2)cs1. The Morgan fingerprint density at radius 1 is 1.28 bits per heavy atom. The Balaban J connectivity index is 1.35. The summed E-state index contributed by atoms with van der Waals surface area (Å²) in [5.74, 6) is 0.932. The number of nitrogens with zero attached hydrogens (tertiary/aromatic N) is 7. The predicted octanol–water partition coefficient (Wildman–Crippen LogP) is 3.31. The normalized spacial score (nSPS) is 14.7. The molecule has 5 aromatic rings. The summed E-state index contributed by atoms with van der Waals surface area (Å²) in [6.07, 6.45) is 4.45. The monoisotopic (exact) mass is 520 g/mol. The number of benzene rings is 1. The molecule has 1 atom stereocenters. The summed E-state index contributed by atoms with van der Waals surface area (Å²) in [5, 5.41) is 13.7. The van der Waals surface area contributed by atoms with E-state index in [9.17, 15) is 9.59 Å². The summed E-state index contributed by atoms with van der Waals surface area (Å²) in [4.78, 5) is 38.2. The molecule has 13 heteroatoms. The first-order valence-electron chi connectivity index (χ1n) is 10.9. The van der Waals surface area contributed by atoms with Crippen molar-refractivity contribution in [2.75, 3.05) is 7.11 Å². The number of carbonyl (C=O) groups is 1. The molecule has 36 heavy (non-hydrogen) atoms. The molecule has 1 N–H and O–H groups in total. The zero-order valence-electron chi connectivity index (χ0n) is 18.8. The molecule has 4 aromatic heterocycles. The molecule has 0 amide bonds. The van der Waals surface area contributed by atoms with Crippen LogP contribution in [0.2, 0.25) is 5.02 Å². The van der Waals surface area contributed by atoms with E-state index in [1.54, 1.807) is 35.0 Å². The Bertz CT molecular complexity index is 1660. The number of esters is 1. The van der Waals surface area contributed by atoms with Gasteiger partial charge in [-0.3, -0.25) is 9.36 Å². The minimum Gasteiger partial charge on any atom is -0.465 e. The van der Waals surface area contributed by atoms with Crippen LogP contribution >= 0.6 is 22.9 Å². The summed E-state index contributed by atoms with van der Waals surface area (Å²) in [6, 6.07) is 8.22. The van der Waals surface area contributed by atoms with Crippen LogP contribution in [0.15, 0.2) is 53.0 Å². The fraction of sp³-hybridized carbons (Fsp3) is 0.174. The van der Waals surface area contributed by atoms with Crippen molar-refractivity contribution < 1.29 is 9.53 Å². The van der Waals surface area contributed by atoms with Crippen LogP contribution in [0.1, 0.15) is 33.8 Å². The van der Waals surface area contributed by atoms with Crippen molar-refractivity contribution in [2.45, 2.75) is 18.9 Å². The van der Waals surface area contributed by atoms with E-state index < -0.39 is 0 Å². The Hall–Kier alpha value is -4.16. The highest BCUT2D eigenvalue weighted by molar-refractivity contribution is 7.12. The molecule has 0 radical (unpaired) electrons. The van der Waals surface area contributed by atoms with Gasteiger partial charge in [0.1, 0.15) is 22.9 Å². The largest absolute Gasteiger partial charge is 0.465 e. The third-order valence-corrected chi connectivity index (χ3v) is 7.16. The maximum Gasteiger partial charge on any atom is 0.348 e. The lowest BCUT2D eigenvalue weighted by Gasteiger charge is -2.14. The number of aromatic nitrogens is 8. The first-order valence-corrected chi connectivity index (χ1v) is 12.2. The van der Waals surface area contributed by atoms with E-state index in [1.165, 1.54) is 35.5 Å². The fourth-order valence-corrected chi connectivity index (χ4v) is 5.36. The number of aryl methyl sites for hydroxylation is 1. The number of fused-ring (bicyclic) bond motifs is 1. The summed E-state index contributed by atoms with van der Waals surface area (Å²) < 4.78 is 7.95. The molecule has 0 saturated carbocycles. The molecule has 1 aromatic carbocycles. The second-order valence-corrected chi connectivity index (χ2v) is 9.46. The second kappa shape index (κ2) is 8.81. The molecule has 0 aliphatic carbocycles. The van der Waals surface area contributed by atoms with Crippen LogP contribution in [0.3, 0.4) is 0 Å². The van der Waals surface area contributed by atoms with Crippen LogP contribution in [0, 0.1) is 0 Å². The number of halogens is 1. The van der Waals surface area contributed by atoms with Crippen LogP contribution in [-0.2, 0) is 11.2 Å². The number of rotatable bonds is 5. The average molecular weight is 521 g/mol. The van der Waals surface area contributed by atoms with Gasteiger partial charge in [0, 0.05) is 34.0 Å². The van der Waals surface area contributed by atoms with E-state index >= 15 is 0 Å². The minimum atomic E-state index is -0.382. The van der Waals surface area contributed by atoms with Gasteiger partial charge in [-0.25, -0.2) is 14.8 Å². The van der Waals surface area contributed by atoms with E-state index in [-0.39, 0.29) is 17.6 Å². The number of H-pyrrole nitrogens is 1. The summed E-state index contributed by atoms with van der Waals surface area (Å²) in [5.41, 5.74) is 3.20. The third kappa shape index (κ3) is 3.80. The maximum absolute atomic E-state index is 13.3. The number of carbonyl (C=O) groups excluding carboxylic acids is 1. The topological polar surface area (TPSA) is 133 Å². The molecular weight excluding hydrogens is 504 g/mol. The highest BCUT2D eigenvalue weighted by Gasteiger charge is 2.29. The molecular formula is C23H17ClN8O3S. The molecule has 0 saturated heterocycles. The zero-order valence-corrected chi connectivity index (χ0v) is 20.3. The van der Waals surface area contributed by atoms with Gasteiger partial charge in [-0.2, -0.15) is 4.68 Å². The molecule has 0 spiro atoms. The number of imidazole rings is 1. The number of hydrogen-bond acceptors (Lipinski definition) is 9. The van der Waals surface area contributed by atoms with Gasteiger partial charge in [-0.05, 0) is 41.1 Å². The third-order valence-electron chi connectivity index (χ3n) is 6.02. The highest BCUT2D eigenvalue weighted by atomic mass is 35.5. The number of nitrogens with one attached hydrogen (secondary N) is 1. The molecule has 1 aliphatic rings. The first kappa shape index (κ1) is 22.3. The summed E-state index contributed by atoms with van der Waals surface area (Å²) >= 11 is 7.56. The molecule has 1 aliphatic heterocycles. The Kier molecular flexibility index (Phi) is 5.46. The highest BCUT2D eigenvalue weighted by Crippen LogP contribution is 2.33.